The van der Waals surface area contributed by atoms with Gasteiger partial charge in [-0.05, 0) is 34.4 Å². The Kier molecular flexibility index (Phi) is 4.39. The van der Waals surface area contributed by atoms with E-state index < -0.39 is 8.07 Å². The van der Waals surface area contributed by atoms with Crippen molar-refractivity contribution >= 4 is 52.1 Å². The molecule has 0 fully saturated rings. The molecule has 32 heavy (non-hydrogen) atoms. The van der Waals surface area contributed by atoms with Gasteiger partial charge in [0.05, 0.1) is 16.0 Å². The monoisotopic (exact) mass is 451 g/mol. The fourth-order valence-electron chi connectivity index (χ4n) is 5.04. The number of furan rings is 1. The summed E-state index contributed by atoms with van der Waals surface area (Å²) >= 11 is 1.90. The summed E-state index contributed by atoms with van der Waals surface area (Å²) in [6.07, 6.45) is 1.90. The van der Waals surface area contributed by atoms with Crippen LogP contribution in [-0.2, 0) is 0 Å². The van der Waals surface area contributed by atoms with Crippen molar-refractivity contribution in [2.45, 2.75) is 42.7 Å². The molecule has 3 aromatic carbocycles. The third kappa shape index (κ3) is 2.76. The van der Waals surface area contributed by atoms with Gasteiger partial charge in [0, 0.05) is 16.7 Å². The van der Waals surface area contributed by atoms with Crippen LogP contribution in [0, 0.1) is 0 Å². The lowest BCUT2D eigenvalue weighted by atomic mass is 9.91. The van der Waals surface area contributed by atoms with Gasteiger partial charge in [-0.2, -0.15) is 0 Å². The highest BCUT2D eigenvalue weighted by molar-refractivity contribution is 8.00. The summed E-state index contributed by atoms with van der Waals surface area (Å²) in [5.74, 6) is 0.415. The highest BCUT2D eigenvalue weighted by atomic mass is 32.2. The Balaban J connectivity index is 1.69. The fourth-order valence-corrected chi connectivity index (χ4v) is 9.66. The highest BCUT2D eigenvalue weighted by Crippen LogP contribution is 2.52. The van der Waals surface area contributed by atoms with E-state index in [0.29, 0.717) is 5.92 Å². The Morgan fingerprint density at radius 2 is 1.66 bits per heavy atom. The van der Waals surface area contributed by atoms with Crippen molar-refractivity contribution in [1.29, 1.82) is 0 Å². The first-order valence-electron chi connectivity index (χ1n) is 11.2. The van der Waals surface area contributed by atoms with Crippen LogP contribution < -0.4 is 10.6 Å². The zero-order chi connectivity index (χ0) is 22.0. The van der Waals surface area contributed by atoms with Crippen LogP contribution in [-0.4, -0.2) is 13.1 Å². The smallest absolute Gasteiger partial charge is 0.158 e. The van der Waals surface area contributed by atoms with Gasteiger partial charge in [-0.3, -0.25) is 4.98 Å². The molecular formula is C28H25NOSSi. The van der Waals surface area contributed by atoms with Crippen LogP contribution in [0.1, 0.15) is 25.3 Å². The second-order valence-corrected chi connectivity index (χ2v) is 14.7. The maximum absolute atomic E-state index is 6.66. The standard InChI is InChI=1S/C28H25NOSSi/c1-17(2)23-20-13-9-8-10-18(20)16-21-25-24-22(14-15-29-25)30-28(27(24)31-26(21)23)32(3,4)19-11-6-5-7-12-19/h5-17H,1-4H3. The summed E-state index contributed by atoms with van der Waals surface area (Å²) in [5, 5.41) is 6.35. The quantitative estimate of drug-likeness (QED) is 0.269. The molecule has 1 aliphatic rings. The minimum absolute atomic E-state index is 0.415. The van der Waals surface area contributed by atoms with Crippen LogP contribution >= 0.6 is 11.8 Å². The van der Waals surface area contributed by atoms with E-state index in [-0.39, 0.29) is 0 Å². The summed E-state index contributed by atoms with van der Waals surface area (Å²) in [7, 11) is -2.03. The Morgan fingerprint density at radius 1 is 0.906 bits per heavy atom. The van der Waals surface area contributed by atoms with E-state index in [9.17, 15) is 0 Å². The number of benzene rings is 3. The maximum Gasteiger partial charge on any atom is 0.158 e. The van der Waals surface area contributed by atoms with Gasteiger partial charge in [-0.1, -0.05) is 98.5 Å². The molecule has 0 spiro atoms. The number of fused-ring (bicyclic) bond motifs is 3. The van der Waals surface area contributed by atoms with Crippen molar-refractivity contribution in [3.63, 3.8) is 0 Å². The van der Waals surface area contributed by atoms with Crippen LogP contribution in [0.25, 0.3) is 33.0 Å². The molecule has 2 aromatic heterocycles. The van der Waals surface area contributed by atoms with E-state index >= 15 is 0 Å². The van der Waals surface area contributed by atoms with Crippen molar-refractivity contribution in [2.24, 2.45) is 0 Å². The maximum atomic E-state index is 6.66. The average molecular weight is 452 g/mol. The van der Waals surface area contributed by atoms with Crippen molar-refractivity contribution in [2.75, 3.05) is 0 Å². The van der Waals surface area contributed by atoms with Gasteiger partial charge in [-0.15, -0.1) is 0 Å². The number of hydrogen-bond acceptors (Lipinski definition) is 3. The van der Waals surface area contributed by atoms with Gasteiger partial charge < -0.3 is 4.42 Å². The Labute approximate surface area is 193 Å². The lowest BCUT2D eigenvalue weighted by Gasteiger charge is -2.26. The first kappa shape index (κ1) is 19.8. The third-order valence-corrected chi connectivity index (χ3v) is 11.4. The number of rotatable bonds is 3. The highest BCUT2D eigenvalue weighted by Gasteiger charge is 2.38. The number of pyridine rings is 1. The van der Waals surface area contributed by atoms with Gasteiger partial charge in [0.2, 0.25) is 0 Å². The molecule has 0 bridgehead atoms. The number of nitrogens with zero attached hydrogens (tertiary/aromatic N) is 1. The minimum atomic E-state index is -2.03. The molecule has 0 aliphatic carbocycles. The first-order chi connectivity index (χ1) is 15.5. The molecule has 0 radical (unpaired) electrons. The van der Waals surface area contributed by atoms with Gasteiger partial charge in [-0.25, -0.2) is 0 Å². The van der Waals surface area contributed by atoms with Crippen molar-refractivity contribution in [3.05, 3.63) is 78.5 Å². The molecule has 6 rings (SSSR count). The van der Waals surface area contributed by atoms with Crippen molar-refractivity contribution < 1.29 is 4.42 Å². The Morgan fingerprint density at radius 3 is 2.44 bits per heavy atom. The van der Waals surface area contributed by atoms with Crippen LogP contribution in [0.5, 0.6) is 0 Å². The predicted molar refractivity (Wildman–Crippen MR) is 138 cm³/mol. The summed E-state index contributed by atoms with van der Waals surface area (Å²) in [6.45, 7) is 9.38. The molecule has 0 saturated heterocycles. The zero-order valence-electron chi connectivity index (χ0n) is 18.8. The number of hydrogen-bond donors (Lipinski definition) is 0. The molecular weight excluding hydrogens is 426 g/mol. The van der Waals surface area contributed by atoms with Crippen LogP contribution in [0.2, 0.25) is 13.1 Å². The molecule has 0 saturated carbocycles. The molecule has 0 amide bonds. The molecule has 0 atom stereocenters. The Hall–Kier alpha value is -2.82. The van der Waals surface area contributed by atoms with Crippen LogP contribution in [0.4, 0.5) is 0 Å². The molecule has 0 N–H and O–H groups in total. The van der Waals surface area contributed by atoms with Crippen LogP contribution in [0.3, 0.4) is 0 Å². The normalized spacial score (nSPS) is 13.2. The molecule has 2 nitrogen and oxygen atoms in total. The topological polar surface area (TPSA) is 26.0 Å². The fraction of sp³-hybridized carbons (Fsp3) is 0.179. The summed E-state index contributed by atoms with van der Waals surface area (Å²) in [6, 6.07) is 23.9. The van der Waals surface area contributed by atoms with Crippen LogP contribution in [0.15, 0.2) is 87.1 Å². The van der Waals surface area contributed by atoms with E-state index in [1.54, 1.807) is 0 Å². The Bertz CT molecular complexity index is 1500. The second kappa shape index (κ2) is 7.09. The predicted octanol–water partition coefficient (Wildman–Crippen LogP) is 7.06. The summed E-state index contributed by atoms with van der Waals surface area (Å²) in [5.41, 5.74) is 4.67. The zero-order valence-corrected chi connectivity index (χ0v) is 20.6. The van der Waals surface area contributed by atoms with E-state index in [0.717, 1.165) is 16.7 Å². The lowest BCUT2D eigenvalue weighted by Crippen LogP contribution is -2.53. The second-order valence-electron chi connectivity index (χ2n) is 9.43. The average Bonchev–Trinajstić information content (AvgIpc) is 3.19. The van der Waals surface area contributed by atoms with Crippen molar-refractivity contribution in [3.8, 4) is 11.3 Å². The van der Waals surface area contributed by atoms with Crippen molar-refractivity contribution in [1.82, 2.24) is 4.98 Å². The SMILES string of the molecule is CC(C)c1c2c(cc3ccccc13)-c1nccc3oc([Si](C)(C)c4ccccc4)c(c13)S2. The molecule has 158 valence electrons. The lowest BCUT2D eigenvalue weighted by molar-refractivity contribution is 0.643. The molecule has 0 unspecified atom stereocenters. The molecule has 1 aliphatic heterocycles. The van der Waals surface area contributed by atoms with Gasteiger partial charge in [0.25, 0.3) is 0 Å². The number of aromatic nitrogens is 1. The van der Waals surface area contributed by atoms with Gasteiger partial charge >= 0.3 is 0 Å². The van der Waals surface area contributed by atoms with Gasteiger partial charge in [0.15, 0.2) is 8.07 Å². The molecule has 3 heterocycles. The largest absolute Gasteiger partial charge is 0.464 e. The summed E-state index contributed by atoms with van der Waals surface area (Å²) in [4.78, 5) is 7.51. The first-order valence-corrected chi connectivity index (χ1v) is 15.0. The minimum Gasteiger partial charge on any atom is -0.464 e. The van der Waals surface area contributed by atoms with E-state index in [2.05, 4.69) is 87.6 Å². The van der Waals surface area contributed by atoms with E-state index in [4.69, 9.17) is 9.40 Å². The van der Waals surface area contributed by atoms with Gasteiger partial charge in [0.1, 0.15) is 11.0 Å². The molecule has 4 heteroatoms. The van der Waals surface area contributed by atoms with E-state index in [1.165, 1.54) is 42.3 Å². The third-order valence-electron chi connectivity index (χ3n) is 6.70. The molecule has 5 aromatic rings. The van der Waals surface area contributed by atoms with E-state index in [1.807, 2.05) is 24.0 Å². The summed E-state index contributed by atoms with van der Waals surface area (Å²) < 4.78 is 6.66.